The number of nitrogens with zero attached hydrogens (tertiary/aromatic N) is 2. The minimum atomic E-state index is -0.341. The van der Waals surface area contributed by atoms with Gasteiger partial charge < -0.3 is 19.4 Å². The number of methoxy groups -OCH3 is 2. The fourth-order valence-electron chi connectivity index (χ4n) is 1.90. The fraction of sp³-hybridized carbons (Fsp3) is 0.357. The van der Waals surface area contributed by atoms with Crippen molar-refractivity contribution in [2.24, 2.45) is 0 Å². The second-order valence-electron chi connectivity index (χ2n) is 4.36. The van der Waals surface area contributed by atoms with Gasteiger partial charge in [-0.3, -0.25) is 0 Å². The van der Waals surface area contributed by atoms with E-state index in [1.165, 1.54) is 19.2 Å². The Morgan fingerprint density at radius 2 is 2.15 bits per heavy atom. The summed E-state index contributed by atoms with van der Waals surface area (Å²) in [6.45, 7) is 3.19. The maximum Gasteiger partial charge on any atom is 0.207 e. The average Bonchev–Trinajstić information content (AvgIpc) is 2.78. The lowest BCUT2D eigenvalue weighted by Crippen LogP contribution is -2.07. The predicted octanol–water partition coefficient (Wildman–Crippen LogP) is 2.73. The summed E-state index contributed by atoms with van der Waals surface area (Å²) in [5.74, 6) is 0.764. The molecule has 0 amide bonds. The molecule has 0 bridgehead atoms. The third-order valence-electron chi connectivity index (χ3n) is 2.84. The largest absolute Gasteiger partial charge is 0.494 e. The molecule has 2 aromatic rings. The summed E-state index contributed by atoms with van der Waals surface area (Å²) in [6.07, 6.45) is 1.93. The van der Waals surface area contributed by atoms with Gasteiger partial charge in [-0.1, -0.05) is 0 Å². The van der Waals surface area contributed by atoms with E-state index >= 15 is 0 Å². The summed E-state index contributed by atoms with van der Waals surface area (Å²) in [5, 5.41) is 3.15. The number of anilines is 2. The molecule has 0 unspecified atom stereocenters. The second kappa shape index (κ2) is 6.38. The maximum absolute atomic E-state index is 13.2. The van der Waals surface area contributed by atoms with Crippen molar-refractivity contribution in [1.29, 1.82) is 0 Å². The van der Waals surface area contributed by atoms with Crippen molar-refractivity contribution >= 4 is 11.6 Å². The van der Waals surface area contributed by atoms with Crippen LogP contribution in [0, 0.1) is 12.7 Å². The van der Waals surface area contributed by atoms with Crippen LogP contribution in [0.2, 0.25) is 0 Å². The normalized spacial score (nSPS) is 10.6. The summed E-state index contributed by atoms with van der Waals surface area (Å²) in [7, 11) is 3.16. The highest BCUT2D eigenvalue weighted by atomic mass is 19.1. The Hall–Kier alpha value is -2.08. The van der Waals surface area contributed by atoms with E-state index in [0.29, 0.717) is 30.5 Å². The number of imidazole rings is 1. The molecule has 20 heavy (non-hydrogen) atoms. The molecule has 1 aromatic heterocycles. The number of aromatic nitrogens is 2. The highest BCUT2D eigenvalue weighted by Crippen LogP contribution is 2.28. The number of rotatable bonds is 6. The lowest BCUT2D eigenvalue weighted by molar-refractivity contribution is 0.188. The van der Waals surface area contributed by atoms with Crippen LogP contribution < -0.4 is 10.1 Å². The Bertz CT molecular complexity index is 584. The molecule has 0 spiro atoms. The van der Waals surface area contributed by atoms with Crippen LogP contribution in [0.3, 0.4) is 0 Å². The molecule has 0 fully saturated rings. The van der Waals surface area contributed by atoms with E-state index in [4.69, 9.17) is 9.47 Å². The van der Waals surface area contributed by atoms with Gasteiger partial charge in [0.25, 0.3) is 0 Å². The summed E-state index contributed by atoms with van der Waals surface area (Å²) >= 11 is 0. The van der Waals surface area contributed by atoms with E-state index in [0.717, 1.165) is 5.69 Å². The number of halogens is 1. The van der Waals surface area contributed by atoms with Crippen LogP contribution in [0.25, 0.3) is 0 Å². The monoisotopic (exact) mass is 279 g/mol. The van der Waals surface area contributed by atoms with Crippen molar-refractivity contribution in [2.75, 3.05) is 26.1 Å². The lowest BCUT2D eigenvalue weighted by Gasteiger charge is -2.12. The van der Waals surface area contributed by atoms with Gasteiger partial charge in [-0.05, 0) is 19.1 Å². The molecule has 0 atom stereocenters. The molecule has 6 heteroatoms. The maximum atomic E-state index is 13.2. The standard InChI is InChI=1S/C14H18FN3O2/c1-10-9-18(6-7-19-2)14(16-10)17-12-5-4-11(15)8-13(12)20-3/h4-5,8-9H,6-7H2,1-3H3,(H,16,17). The molecular weight excluding hydrogens is 261 g/mol. The molecular formula is C14H18FN3O2. The summed E-state index contributed by atoms with van der Waals surface area (Å²) in [6, 6.07) is 4.33. The molecule has 0 aliphatic heterocycles. The van der Waals surface area contributed by atoms with E-state index in [-0.39, 0.29) is 5.82 Å². The number of benzene rings is 1. The molecule has 2 rings (SSSR count). The van der Waals surface area contributed by atoms with Crippen molar-refractivity contribution in [1.82, 2.24) is 9.55 Å². The van der Waals surface area contributed by atoms with Gasteiger partial charge in [-0.25, -0.2) is 9.37 Å². The number of ether oxygens (including phenoxy) is 2. The third kappa shape index (κ3) is 3.27. The van der Waals surface area contributed by atoms with E-state index < -0.39 is 0 Å². The number of aryl methyl sites for hydroxylation is 1. The van der Waals surface area contributed by atoms with Gasteiger partial charge in [-0.2, -0.15) is 0 Å². The van der Waals surface area contributed by atoms with E-state index in [1.807, 2.05) is 17.7 Å². The van der Waals surface area contributed by atoms with Crippen LogP contribution in [-0.4, -0.2) is 30.4 Å². The van der Waals surface area contributed by atoms with Crippen LogP contribution in [0.4, 0.5) is 16.0 Å². The summed E-state index contributed by atoms with van der Waals surface area (Å²) in [4.78, 5) is 4.40. The molecule has 5 nitrogen and oxygen atoms in total. The smallest absolute Gasteiger partial charge is 0.207 e. The molecule has 108 valence electrons. The number of nitrogens with one attached hydrogen (secondary N) is 1. The number of hydrogen-bond donors (Lipinski definition) is 1. The van der Waals surface area contributed by atoms with Crippen LogP contribution in [0.5, 0.6) is 5.75 Å². The number of hydrogen-bond acceptors (Lipinski definition) is 4. The van der Waals surface area contributed by atoms with Gasteiger partial charge in [0.2, 0.25) is 5.95 Å². The van der Waals surface area contributed by atoms with Crippen molar-refractivity contribution in [2.45, 2.75) is 13.5 Å². The van der Waals surface area contributed by atoms with Gasteiger partial charge in [0.15, 0.2) is 0 Å². The van der Waals surface area contributed by atoms with Crippen LogP contribution in [-0.2, 0) is 11.3 Å². The summed E-state index contributed by atoms with van der Waals surface area (Å²) in [5.41, 5.74) is 1.56. The van der Waals surface area contributed by atoms with Gasteiger partial charge in [0.1, 0.15) is 11.6 Å². The quantitative estimate of drug-likeness (QED) is 0.883. The zero-order chi connectivity index (χ0) is 14.5. The van der Waals surface area contributed by atoms with E-state index in [2.05, 4.69) is 10.3 Å². The van der Waals surface area contributed by atoms with Crippen LogP contribution in [0.15, 0.2) is 24.4 Å². The van der Waals surface area contributed by atoms with Gasteiger partial charge >= 0.3 is 0 Å². The zero-order valence-electron chi connectivity index (χ0n) is 11.8. The zero-order valence-corrected chi connectivity index (χ0v) is 11.8. The van der Waals surface area contributed by atoms with Gasteiger partial charge in [0, 0.05) is 25.9 Å². The minimum Gasteiger partial charge on any atom is -0.494 e. The van der Waals surface area contributed by atoms with Gasteiger partial charge in [0.05, 0.1) is 25.1 Å². The predicted molar refractivity (Wildman–Crippen MR) is 75.1 cm³/mol. The van der Waals surface area contributed by atoms with Crippen LogP contribution in [0.1, 0.15) is 5.69 Å². The molecule has 1 aromatic carbocycles. The van der Waals surface area contributed by atoms with Crippen molar-refractivity contribution in [3.8, 4) is 5.75 Å². The highest BCUT2D eigenvalue weighted by Gasteiger charge is 2.10. The van der Waals surface area contributed by atoms with E-state index in [9.17, 15) is 4.39 Å². The van der Waals surface area contributed by atoms with Crippen LogP contribution >= 0.6 is 0 Å². The Balaban J connectivity index is 2.25. The van der Waals surface area contributed by atoms with Crippen molar-refractivity contribution < 1.29 is 13.9 Å². The van der Waals surface area contributed by atoms with Crippen molar-refractivity contribution in [3.05, 3.63) is 35.9 Å². The Morgan fingerprint density at radius 1 is 1.35 bits per heavy atom. The third-order valence-corrected chi connectivity index (χ3v) is 2.84. The Morgan fingerprint density at radius 3 is 2.85 bits per heavy atom. The first-order valence-corrected chi connectivity index (χ1v) is 6.27. The molecule has 0 radical (unpaired) electrons. The first-order valence-electron chi connectivity index (χ1n) is 6.27. The summed E-state index contributed by atoms with van der Waals surface area (Å²) < 4.78 is 25.4. The molecule has 0 aliphatic rings. The minimum absolute atomic E-state index is 0.341. The average molecular weight is 279 g/mol. The lowest BCUT2D eigenvalue weighted by atomic mass is 10.3. The van der Waals surface area contributed by atoms with Gasteiger partial charge in [-0.15, -0.1) is 0 Å². The SMILES string of the molecule is COCCn1cc(C)nc1Nc1ccc(F)cc1OC. The highest BCUT2D eigenvalue weighted by molar-refractivity contribution is 5.62. The molecule has 1 N–H and O–H groups in total. The molecule has 0 saturated carbocycles. The van der Waals surface area contributed by atoms with E-state index in [1.54, 1.807) is 13.2 Å². The molecule has 1 heterocycles. The molecule has 0 saturated heterocycles. The first kappa shape index (κ1) is 14.3. The first-order chi connectivity index (χ1) is 9.63. The Kier molecular flexibility index (Phi) is 4.57. The Labute approximate surface area is 117 Å². The topological polar surface area (TPSA) is 48.3 Å². The molecule has 0 aliphatic carbocycles. The second-order valence-corrected chi connectivity index (χ2v) is 4.36. The fourth-order valence-corrected chi connectivity index (χ4v) is 1.90. The van der Waals surface area contributed by atoms with Crippen molar-refractivity contribution in [3.63, 3.8) is 0 Å².